The Hall–Kier alpha value is -3.70. The molecule has 0 aliphatic carbocycles. The molecule has 1 aromatic heterocycles. The molecule has 2 aromatic carbocycles. The Labute approximate surface area is 165 Å². The van der Waals surface area contributed by atoms with Crippen molar-refractivity contribution in [3.8, 4) is 23.1 Å². The number of benzene rings is 2. The standard InChI is InChI=1S/C18H11F6N3O3/c19-17(20,21)29-12-7-5-11(6-8-12)28-15-9-10-25-16(27-15)26-13-3-1-2-4-14(13)30-18(22,23)24/h1-10H,(H,25,26,27). The highest BCUT2D eigenvalue weighted by atomic mass is 19.4. The Morgan fingerprint density at radius 1 is 0.733 bits per heavy atom. The van der Waals surface area contributed by atoms with Crippen LogP contribution in [0, 0.1) is 0 Å². The molecular weight excluding hydrogens is 420 g/mol. The number of halogens is 6. The average molecular weight is 431 g/mol. The number of alkyl halides is 6. The largest absolute Gasteiger partial charge is 0.573 e. The van der Waals surface area contributed by atoms with Gasteiger partial charge in [0, 0.05) is 12.3 Å². The van der Waals surface area contributed by atoms with Crippen LogP contribution in [0.1, 0.15) is 0 Å². The molecule has 3 aromatic rings. The molecule has 0 aliphatic rings. The van der Waals surface area contributed by atoms with E-state index in [4.69, 9.17) is 4.74 Å². The molecular formula is C18H11F6N3O3. The predicted molar refractivity (Wildman–Crippen MR) is 91.6 cm³/mol. The van der Waals surface area contributed by atoms with Crippen molar-refractivity contribution < 1.29 is 40.6 Å². The highest BCUT2D eigenvalue weighted by molar-refractivity contribution is 5.62. The zero-order chi connectivity index (χ0) is 21.8. The summed E-state index contributed by atoms with van der Waals surface area (Å²) in [6.45, 7) is 0. The summed E-state index contributed by atoms with van der Waals surface area (Å²) in [6, 6.07) is 11.2. The SMILES string of the molecule is FC(F)(F)Oc1ccc(Oc2ccnc(Nc3ccccc3OC(F)(F)F)n2)cc1. The van der Waals surface area contributed by atoms with E-state index in [1.165, 1.54) is 42.6 Å². The Bertz CT molecular complexity index is 993. The summed E-state index contributed by atoms with van der Waals surface area (Å²) in [5, 5.41) is 2.58. The Kier molecular flexibility index (Phi) is 5.85. The van der Waals surface area contributed by atoms with E-state index >= 15 is 0 Å². The predicted octanol–water partition coefficient (Wildman–Crippen LogP) is 5.81. The van der Waals surface area contributed by atoms with E-state index in [0.29, 0.717) is 0 Å². The van der Waals surface area contributed by atoms with E-state index in [0.717, 1.165) is 18.2 Å². The van der Waals surface area contributed by atoms with E-state index in [2.05, 4.69) is 24.8 Å². The first kappa shape index (κ1) is 21.0. The second-order valence-electron chi connectivity index (χ2n) is 5.51. The Morgan fingerprint density at radius 3 is 2.03 bits per heavy atom. The summed E-state index contributed by atoms with van der Waals surface area (Å²) in [7, 11) is 0. The van der Waals surface area contributed by atoms with Crippen LogP contribution >= 0.6 is 0 Å². The summed E-state index contributed by atoms with van der Waals surface area (Å²) in [4.78, 5) is 7.87. The highest BCUT2D eigenvalue weighted by Gasteiger charge is 2.32. The van der Waals surface area contributed by atoms with Crippen LogP contribution in [-0.2, 0) is 0 Å². The first-order valence-electron chi connectivity index (χ1n) is 8.06. The highest BCUT2D eigenvalue weighted by Crippen LogP contribution is 2.32. The van der Waals surface area contributed by atoms with Crippen molar-refractivity contribution >= 4 is 11.6 Å². The Morgan fingerprint density at radius 2 is 1.37 bits per heavy atom. The maximum Gasteiger partial charge on any atom is 0.573 e. The molecule has 0 spiro atoms. The smallest absolute Gasteiger partial charge is 0.439 e. The van der Waals surface area contributed by atoms with Crippen molar-refractivity contribution in [2.75, 3.05) is 5.32 Å². The lowest BCUT2D eigenvalue weighted by molar-refractivity contribution is -0.275. The van der Waals surface area contributed by atoms with Gasteiger partial charge in [-0.2, -0.15) is 4.98 Å². The average Bonchev–Trinajstić information content (AvgIpc) is 2.63. The molecule has 0 fully saturated rings. The van der Waals surface area contributed by atoms with E-state index in [9.17, 15) is 26.3 Å². The zero-order valence-electron chi connectivity index (χ0n) is 14.7. The lowest BCUT2D eigenvalue weighted by atomic mass is 10.3. The summed E-state index contributed by atoms with van der Waals surface area (Å²) in [5.74, 6) is -0.870. The second kappa shape index (κ2) is 8.35. The number of aromatic nitrogens is 2. The van der Waals surface area contributed by atoms with Gasteiger partial charge in [-0.15, -0.1) is 26.3 Å². The summed E-state index contributed by atoms with van der Waals surface area (Å²) >= 11 is 0. The van der Waals surface area contributed by atoms with Gasteiger partial charge in [-0.25, -0.2) is 4.98 Å². The third-order valence-electron chi connectivity index (χ3n) is 3.27. The zero-order valence-corrected chi connectivity index (χ0v) is 14.7. The molecule has 0 saturated carbocycles. The Balaban J connectivity index is 1.72. The van der Waals surface area contributed by atoms with Gasteiger partial charge < -0.3 is 19.5 Å². The molecule has 0 bridgehead atoms. The normalized spacial score (nSPS) is 11.7. The van der Waals surface area contributed by atoms with Gasteiger partial charge in [0.1, 0.15) is 11.5 Å². The fraction of sp³-hybridized carbons (Fsp3) is 0.111. The molecule has 6 nitrogen and oxygen atoms in total. The van der Waals surface area contributed by atoms with Gasteiger partial charge in [-0.1, -0.05) is 12.1 Å². The van der Waals surface area contributed by atoms with Crippen LogP contribution in [0.5, 0.6) is 23.1 Å². The second-order valence-corrected chi connectivity index (χ2v) is 5.51. The summed E-state index contributed by atoms with van der Waals surface area (Å²) in [6.07, 6.45) is -8.42. The summed E-state index contributed by atoms with van der Waals surface area (Å²) < 4.78 is 87.2. The first-order valence-corrected chi connectivity index (χ1v) is 8.06. The van der Waals surface area contributed by atoms with E-state index in [1.54, 1.807) is 0 Å². The van der Waals surface area contributed by atoms with E-state index in [-0.39, 0.29) is 23.3 Å². The maximum absolute atomic E-state index is 12.5. The molecule has 0 amide bonds. The maximum atomic E-state index is 12.5. The minimum atomic E-state index is -4.88. The first-order chi connectivity index (χ1) is 14.1. The monoisotopic (exact) mass is 431 g/mol. The van der Waals surface area contributed by atoms with Crippen molar-refractivity contribution in [3.05, 3.63) is 60.8 Å². The molecule has 30 heavy (non-hydrogen) atoms. The van der Waals surface area contributed by atoms with Gasteiger partial charge in [-0.05, 0) is 36.4 Å². The molecule has 0 saturated heterocycles. The van der Waals surface area contributed by atoms with E-state index < -0.39 is 24.2 Å². The number of para-hydroxylation sites is 2. The van der Waals surface area contributed by atoms with Crippen LogP contribution in [-0.4, -0.2) is 22.7 Å². The molecule has 3 rings (SSSR count). The number of nitrogens with one attached hydrogen (secondary N) is 1. The van der Waals surface area contributed by atoms with Gasteiger partial charge in [0.05, 0.1) is 5.69 Å². The minimum Gasteiger partial charge on any atom is -0.439 e. The van der Waals surface area contributed by atoms with Crippen LogP contribution in [0.3, 0.4) is 0 Å². The van der Waals surface area contributed by atoms with Gasteiger partial charge in [-0.3, -0.25) is 0 Å². The third kappa shape index (κ3) is 6.43. The lowest BCUT2D eigenvalue weighted by Crippen LogP contribution is -2.18. The number of anilines is 2. The molecule has 0 unspecified atom stereocenters. The van der Waals surface area contributed by atoms with Gasteiger partial charge in [0.25, 0.3) is 0 Å². The van der Waals surface area contributed by atoms with Gasteiger partial charge in [0.15, 0.2) is 5.75 Å². The van der Waals surface area contributed by atoms with Crippen LogP contribution in [0.25, 0.3) is 0 Å². The number of nitrogens with zero attached hydrogens (tertiary/aromatic N) is 2. The van der Waals surface area contributed by atoms with Crippen LogP contribution < -0.4 is 19.5 Å². The minimum absolute atomic E-state index is 0.00814. The van der Waals surface area contributed by atoms with Gasteiger partial charge in [0.2, 0.25) is 11.8 Å². The van der Waals surface area contributed by atoms with Crippen molar-refractivity contribution in [2.24, 2.45) is 0 Å². The molecule has 1 N–H and O–H groups in total. The van der Waals surface area contributed by atoms with E-state index in [1.807, 2.05) is 0 Å². The quantitative estimate of drug-likeness (QED) is 0.497. The van der Waals surface area contributed by atoms with Crippen LogP contribution in [0.4, 0.5) is 38.0 Å². The van der Waals surface area contributed by atoms with Crippen LogP contribution in [0.15, 0.2) is 60.8 Å². The van der Waals surface area contributed by atoms with Crippen molar-refractivity contribution in [3.63, 3.8) is 0 Å². The molecule has 0 radical (unpaired) electrons. The summed E-state index contributed by atoms with van der Waals surface area (Å²) in [5.41, 5.74) is -0.0411. The van der Waals surface area contributed by atoms with Crippen molar-refractivity contribution in [2.45, 2.75) is 12.7 Å². The number of rotatable bonds is 6. The molecule has 12 heteroatoms. The fourth-order valence-electron chi connectivity index (χ4n) is 2.19. The number of ether oxygens (including phenoxy) is 3. The number of hydrogen-bond donors (Lipinski definition) is 1. The topological polar surface area (TPSA) is 65.5 Å². The molecule has 0 atom stereocenters. The molecule has 1 heterocycles. The fourth-order valence-corrected chi connectivity index (χ4v) is 2.19. The van der Waals surface area contributed by atoms with Crippen molar-refractivity contribution in [1.29, 1.82) is 0 Å². The van der Waals surface area contributed by atoms with Gasteiger partial charge >= 0.3 is 12.7 Å². The lowest BCUT2D eigenvalue weighted by Gasteiger charge is -2.14. The van der Waals surface area contributed by atoms with Crippen LogP contribution in [0.2, 0.25) is 0 Å². The third-order valence-corrected chi connectivity index (χ3v) is 3.27. The molecule has 0 aliphatic heterocycles. The number of hydrogen-bond acceptors (Lipinski definition) is 6. The molecule has 158 valence electrons. The van der Waals surface area contributed by atoms with Crippen molar-refractivity contribution in [1.82, 2.24) is 9.97 Å².